The average Bonchev–Trinajstić information content (AvgIpc) is 3.03. The van der Waals surface area contributed by atoms with Gasteiger partial charge in [-0.3, -0.25) is 9.59 Å². The van der Waals surface area contributed by atoms with Crippen molar-refractivity contribution in [2.24, 2.45) is 5.92 Å². The SMILES string of the molecule is CC(=O)Nc1ccc(NC(=O)C2CC3CCC2N3)cc1. The third-order valence-electron chi connectivity index (χ3n) is 4.11. The smallest absolute Gasteiger partial charge is 0.229 e. The summed E-state index contributed by atoms with van der Waals surface area (Å²) in [5.74, 6) is 0.0792. The van der Waals surface area contributed by atoms with E-state index in [1.54, 1.807) is 12.1 Å². The number of hydrogen-bond donors (Lipinski definition) is 3. The topological polar surface area (TPSA) is 70.2 Å². The highest BCUT2D eigenvalue weighted by Crippen LogP contribution is 2.33. The molecule has 0 aromatic heterocycles. The molecule has 2 bridgehead atoms. The molecule has 3 atom stereocenters. The lowest BCUT2D eigenvalue weighted by Crippen LogP contribution is -2.32. The summed E-state index contributed by atoms with van der Waals surface area (Å²) in [7, 11) is 0. The third-order valence-corrected chi connectivity index (χ3v) is 4.11. The third kappa shape index (κ3) is 2.67. The van der Waals surface area contributed by atoms with E-state index < -0.39 is 0 Å². The number of anilines is 2. The molecule has 5 nitrogen and oxygen atoms in total. The zero-order chi connectivity index (χ0) is 14.1. The van der Waals surface area contributed by atoms with Gasteiger partial charge >= 0.3 is 0 Å². The molecule has 106 valence electrons. The van der Waals surface area contributed by atoms with E-state index in [4.69, 9.17) is 0 Å². The minimum Gasteiger partial charge on any atom is -0.326 e. The van der Waals surface area contributed by atoms with Crippen molar-refractivity contribution >= 4 is 23.2 Å². The minimum atomic E-state index is -0.102. The Morgan fingerprint density at radius 1 is 1.10 bits per heavy atom. The Labute approximate surface area is 118 Å². The number of nitrogens with one attached hydrogen (secondary N) is 3. The molecule has 2 heterocycles. The van der Waals surface area contributed by atoms with E-state index in [0.717, 1.165) is 24.2 Å². The van der Waals surface area contributed by atoms with Crippen LogP contribution in [0.3, 0.4) is 0 Å². The summed E-state index contributed by atoms with van der Waals surface area (Å²) in [5, 5.41) is 9.13. The standard InChI is InChI=1S/C15H19N3O2/c1-9(19)16-10-2-4-11(5-3-10)18-15(20)13-8-12-6-7-14(13)17-12/h2-5,12-14,17H,6-8H2,1H3,(H,16,19)(H,18,20). The number of carbonyl (C=O) groups excluding carboxylic acids is 2. The quantitative estimate of drug-likeness (QED) is 0.785. The van der Waals surface area contributed by atoms with E-state index in [1.807, 2.05) is 12.1 Å². The van der Waals surface area contributed by atoms with Crippen LogP contribution in [0.4, 0.5) is 11.4 Å². The molecule has 2 amide bonds. The Morgan fingerprint density at radius 2 is 1.75 bits per heavy atom. The van der Waals surface area contributed by atoms with Gasteiger partial charge in [0.25, 0.3) is 0 Å². The maximum absolute atomic E-state index is 12.2. The van der Waals surface area contributed by atoms with E-state index in [9.17, 15) is 9.59 Å². The van der Waals surface area contributed by atoms with Crippen LogP contribution in [-0.2, 0) is 9.59 Å². The van der Waals surface area contributed by atoms with E-state index in [-0.39, 0.29) is 17.7 Å². The van der Waals surface area contributed by atoms with Gasteiger partial charge in [-0.25, -0.2) is 0 Å². The summed E-state index contributed by atoms with van der Waals surface area (Å²) in [5.41, 5.74) is 1.50. The first-order chi connectivity index (χ1) is 9.61. The average molecular weight is 273 g/mol. The van der Waals surface area contributed by atoms with Gasteiger partial charge in [0.15, 0.2) is 0 Å². The van der Waals surface area contributed by atoms with Crippen LogP contribution in [0.2, 0.25) is 0 Å². The Hall–Kier alpha value is -1.88. The normalized spacial score (nSPS) is 27.4. The van der Waals surface area contributed by atoms with Crippen LogP contribution in [-0.4, -0.2) is 23.9 Å². The second kappa shape index (κ2) is 5.25. The van der Waals surface area contributed by atoms with E-state index in [1.165, 1.54) is 13.3 Å². The molecule has 0 spiro atoms. The van der Waals surface area contributed by atoms with Gasteiger partial charge in [-0.05, 0) is 43.5 Å². The van der Waals surface area contributed by atoms with Crippen LogP contribution in [0.25, 0.3) is 0 Å². The number of benzene rings is 1. The molecule has 2 aliphatic rings. The second-order valence-corrected chi connectivity index (χ2v) is 5.64. The molecule has 0 radical (unpaired) electrons. The number of rotatable bonds is 3. The van der Waals surface area contributed by atoms with Gasteiger partial charge in [0.1, 0.15) is 0 Å². The lowest BCUT2D eigenvalue weighted by molar-refractivity contribution is -0.120. The number of hydrogen-bond acceptors (Lipinski definition) is 3. The van der Waals surface area contributed by atoms with Crippen LogP contribution < -0.4 is 16.0 Å². The van der Waals surface area contributed by atoms with Crippen LogP contribution in [0.15, 0.2) is 24.3 Å². The number of carbonyl (C=O) groups is 2. The largest absolute Gasteiger partial charge is 0.326 e. The van der Waals surface area contributed by atoms with Gasteiger partial charge in [-0.15, -0.1) is 0 Å². The summed E-state index contributed by atoms with van der Waals surface area (Å²) in [6.07, 6.45) is 3.24. The fourth-order valence-corrected chi connectivity index (χ4v) is 3.19. The Balaban J connectivity index is 1.60. The maximum atomic E-state index is 12.2. The molecule has 3 rings (SSSR count). The van der Waals surface area contributed by atoms with Crippen molar-refractivity contribution in [3.05, 3.63) is 24.3 Å². The first-order valence-electron chi connectivity index (χ1n) is 7.06. The number of fused-ring (bicyclic) bond motifs is 2. The van der Waals surface area contributed by atoms with Crippen molar-refractivity contribution < 1.29 is 9.59 Å². The summed E-state index contributed by atoms with van der Waals surface area (Å²) in [6.45, 7) is 1.47. The Morgan fingerprint density at radius 3 is 2.25 bits per heavy atom. The van der Waals surface area contributed by atoms with Crippen molar-refractivity contribution in [1.29, 1.82) is 0 Å². The van der Waals surface area contributed by atoms with Gasteiger partial charge in [0.2, 0.25) is 11.8 Å². The summed E-state index contributed by atoms with van der Waals surface area (Å²) < 4.78 is 0. The van der Waals surface area contributed by atoms with E-state index in [2.05, 4.69) is 16.0 Å². The highest BCUT2D eigenvalue weighted by molar-refractivity contribution is 5.94. The molecule has 1 aromatic carbocycles. The summed E-state index contributed by atoms with van der Waals surface area (Å²) >= 11 is 0. The summed E-state index contributed by atoms with van der Waals surface area (Å²) in [6, 6.07) is 8.07. The van der Waals surface area contributed by atoms with Crippen molar-refractivity contribution in [2.45, 2.75) is 38.3 Å². The fourth-order valence-electron chi connectivity index (χ4n) is 3.19. The van der Waals surface area contributed by atoms with Gasteiger partial charge in [-0.2, -0.15) is 0 Å². The lowest BCUT2D eigenvalue weighted by atomic mass is 9.88. The second-order valence-electron chi connectivity index (χ2n) is 5.64. The predicted octanol–water partition coefficient (Wildman–Crippen LogP) is 1.72. The predicted molar refractivity (Wildman–Crippen MR) is 77.4 cm³/mol. The molecular weight excluding hydrogens is 254 g/mol. The van der Waals surface area contributed by atoms with E-state index >= 15 is 0 Å². The number of amides is 2. The van der Waals surface area contributed by atoms with Crippen molar-refractivity contribution in [3.63, 3.8) is 0 Å². The van der Waals surface area contributed by atoms with Gasteiger partial charge in [0.05, 0.1) is 5.92 Å². The Kier molecular flexibility index (Phi) is 3.44. The zero-order valence-corrected chi connectivity index (χ0v) is 11.5. The summed E-state index contributed by atoms with van der Waals surface area (Å²) in [4.78, 5) is 23.2. The molecule has 2 aliphatic heterocycles. The molecule has 3 N–H and O–H groups in total. The van der Waals surface area contributed by atoms with Crippen LogP contribution >= 0.6 is 0 Å². The molecule has 20 heavy (non-hydrogen) atoms. The van der Waals surface area contributed by atoms with Gasteiger partial charge in [0, 0.05) is 30.4 Å². The molecular formula is C15H19N3O2. The van der Waals surface area contributed by atoms with E-state index in [0.29, 0.717) is 12.1 Å². The van der Waals surface area contributed by atoms with Crippen LogP contribution in [0.5, 0.6) is 0 Å². The fraction of sp³-hybridized carbons (Fsp3) is 0.467. The molecule has 2 saturated heterocycles. The molecule has 0 saturated carbocycles. The van der Waals surface area contributed by atoms with Gasteiger partial charge in [-0.1, -0.05) is 0 Å². The maximum Gasteiger partial charge on any atom is 0.229 e. The molecule has 3 unspecified atom stereocenters. The van der Waals surface area contributed by atoms with Crippen LogP contribution in [0.1, 0.15) is 26.2 Å². The highest BCUT2D eigenvalue weighted by Gasteiger charge is 2.42. The monoisotopic (exact) mass is 273 g/mol. The zero-order valence-electron chi connectivity index (χ0n) is 11.5. The van der Waals surface area contributed by atoms with Crippen LogP contribution in [0, 0.1) is 5.92 Å². The molecule has 5 heteroatoms. The minimum absolute atomic E-state index is 0.0868. The first-order valence-corrected chi connectivity index (χ1v) is 7.06. The molecule has 1 aromatic rings. The molecule has 0 aliphatic carbocycles. The van der Waals surface area contributed by atoms with Crippen molar-refractivity contribution in [1.82, 2.24) is 5.32 Å². The van der Waals surface area contributed by atoms with Crippen molar-refractivity contribution in [2.75, 3.05) is 10.6 Å². The molecule has 2 fully saturated rings. The highest BCUT2D eigenvalue weighted by atomic mass is 16.2. The van der Waals surface area contributed by atoms with Gasteiger partial charge < -0.3 is 16.0 Å². The van der Waals surface area contributed by atoms with Crippen molar-refractivity contribution in [3.8, 4) is 0 Å². The Bertz CT molecular complexity index is 526. The lowest BCUT2D eigenvalue weighted by Gasteiger charge is -2.19. The first kappa shape index (κ1) is 13.1.